The lowest BCUT2D eigenvalue weighted by Gasteiger charge is -2.11. The van der Waals surface area contributed by atoms with Crippen molar-refractivity contribution in [1.82, 2.24) is 0 Å². The molecule has 1 N–H and O–H groups in total. The lowest BCUT2D eigenvalue weighted by atomic mass is 10.1. The van der Waals surface area contributed by atoms with Crippen molar-refractivity contribution in [1.29, 1.82) is 0 Å². The molecule has 0 spiro atoms. The third-order valence-electron chi connectivity index (χ3n) is 3.18. The normalized spacial score (nSPS) is 12.7. The fraction of sp³-hybridized carbons (Fsp3) is 0.235. The van der Waals surface area contributed by atoms with Crippen LogP contribution >= 0.6 is 11.8 Å². The maximum absolute atomic E-state index is 12.5. The highest BCUT2D eigenvalue weighted by molar-refractivity contribution is 8.00. The second-order valence-electron chi connectivity index (χ2n) is 5.39. The van der Waals surface area contributed by atoms with E-state index in [0.717, 1.165) is 11.2 Å². The molecule has 2 rings (SSSR count). The lowest BCUT2D eigenvalue weighted by molar-refractivity contribution is 0.0994. The van der Waals surface area contributed by atoms with Gasteiger partial charge in [0.1, 0.15) is 0 Å². The summed E-state index contributed by atoms with van der Waals surface area (Å²) in [5.74, 6) is 0.0153. The summed E-state index contributed by atoms with van der Waals surface area (Å²) >= 11 is 1.51. The molecule has 0 aliphatic heterocycles. The highest BCUT2D eigenvalue weighted by Crippen LogP contribution is 2.26. The molecule has 4 nitrogen and oxygen atoms in total. The largest absolute Gasteiger partial charge is 0.293 e. The number of hydrogen-bond donors (Lipinski definition) is 1. The molecule has 2 aromatic carbocycles. The second-order valence-corrected chi connectivity index (χ2v) is 8.55. The van der Waals surface area contributed by atoms with Gasteiger partial charge >= 0.3 is 0 Å². The molecule has 0 bridgehead atoms. The molecule has 0 unspecified atom stereocenters. The number of hydrogen-bond acceptors (Lipinski definition) is 4. The fourth-order valence-corrected chi connectivity index (χ4v) is 3.53. The molecule has 0 aliphatic rings. The van der Waals surface area contributed by atoms with Gasteiger partial charge in [-0.2, -0.15) is 0 Å². The number of Topliss-reactive ketones (excluding diaryl/α,β-unsaturated/α-hetero) is 1. The summed E-state index contributed by atoms with van der Waals surface area (Å²) in [5.41, 5.74) is 2.20. The van der Waals surface area contributed by atoms with E-state index in [4.69, 9.17) is 0 Å². The van der Waals surface area contributed by atoms with E-state index in [1.807, 2.05) is 38.1 Å². The highest BCUT2D eigenvalue weighted by Gasteiger charge is 2.16. The Morgan fingerprint density at radius 2 is 1.61 bits per heavy atom. The minimum atomic E-state index is -3.31. The van der Waals surface area contributed by atoms with Crippen LogP contribution in [0.1, 0.15) is 22.8 Å². The molecule has 0 aliphatic carbocycles. The minimum Gasteiger partial charge on any atom is -0.293 e. The van der Waals surface area contributed by atoms with E-state index in [0.29, 0.717) is 11.3 Å². The van der Waals surface area contributed by atoms with E-state index >= 15 is 0 Å². The Kier molecular flexibility index (Phi) is 5.49. The molecular formula is C17H19NO3S2. The van der Waals surface area contributed by atoms with Crippen molar-refractivity contribution in [3.05, 3.63) is 59.7 Å². The van der Waals surface area contributed by atoms with Crippen LogP contribution in [0.4, 0.5) is 5.69 Å². The van der Waals surface area contributed by atoms with Crippen molar-refractivity contribution in [2.75, 3.05) is 11.0 Å². The predicted octanol–water partition coefficient (Wildman–Crippen LogP) is 3.73. The summed E-state index contributed by atoms with van der Waals surface area (Å²) < 4.78 is 24.7. The van der Waals surface area contributed by atoms with E-state index < -0.39 is 10.0 Å². The summed E-state index contributed by atoms with van der Waals surface area (Å²) in [6, 6.07) is 14.5. The summed E-state index contributed by atoms with van der Waals surface area (Å²) in [7, 11) is -3.31. The van der Waals surface area contributed by atoms with E-state index in [9.17, 15) is 13.2 Å². The first-order valence-electron chi connectivity index (χ1n) is 7.10. The van der Waals surface area contributed by atoms with Crippen LogP contribution < -0.4 is 4.72 Å². The van der Waals surface area contributed by atoms with Crippen LogP contribution in [0.25, 0.3) is 0 Å². The molecular weight excluding hydrogens is 330 g/mol. The Hall–Kier alpha value is -1.79. The van der Waals surface area contributed by atoms with Gasteiger partial charge in [-0.3, -0.25) is 9.52 Å². The SMILES string of the molecule is Cc1ccc(S[C@H](C)C(=O)c2ccc(NS(C)(=O)=O)cc2)cc1. The molecule has 0 heterocycles. The van der Waals surface area contributed by atoms with Crippen LogP contribution in [0.15, 0.2) is 53.4 Å². The Morgan fingerprint density at radius 3 is 2.13 bits per heavy atom. The lowest BCUT2D eigenvalue weighted by Crippen LogP contribution is -2.14. The van der Waals surface area contributed by atoms with E-state index in [1.165, 1.54) is 17.3 Å². The molecule has 0 radical (unpaired) electrons. The number of nitrogens with one attached hydrogen (secondary N) is 1. The summed E-state index contributed by atoms with van der Waals surface area (Å²) in [4.78, 5) is 13.5. The Bertz CT molecular complexity index is 782. The average molecular weight is 349 g/mol. The van der Waals surface area contributed by atoms with Crippen molar-refractivity contribution >= 4 is 33.3 Å². The number of ketones is 1. The first kappa shape index (κ1) is 17.6. The molecule has 122 valence electrons. The van der Waals surface area contributed by atoms with E-state index in [-0.39, 0.29) is 11.0 Å². The van der Waals surface area contributed by atoms with Crippen molar-refractivity contribution in [2.45, 2.75) is 24.0 Å². The number of thioether (sulfide) groups is 1. The predicted molar refractivity (Wildman–Crippen MR) is 95.7 cm³/mol. The fourth-order valence-electron chi connectivity index (χ4n) is 2.03. The number of carbonyl (C=O) groups excluding carboxylic acids is 1. The summed E-state index contributed by atoms with van der Waals surface area (Å²) in [6.07, 6.45) is 1.09. The van der Waals surface area contributed by atoms with Crippen LogP contribution in [-0.4, -0.2) is 25.7 Å². The Morgan fingerprint density at radius 1 is 1.04 bits per heavy atom. The summed E-state index contributed by atoms with van der Waals surface area (Å²) in [6.45, 7) is 3.89. The zero-order valence-electron chi connectivity index (χ0n) is 13.2. The molecule has 0 amide bonds. The average Bonchev–Trinajstić information content (AvgIpc) is 2.48. The third kappa shape index (κ3) is 5.41. The second kappa shape index (κ2) is 7.19. The van der Waals surface area contributed by atoms with Crippen LogP contribution in [0.5, 0.6) is 0 Å². The van der Waals surface area contributed by atoms with Gasteiger partial charge in [0, 0.05) is 16.1 Å². The van der Waals surface area contributed by atoms with Crippen molar-refractivity contribution < 1.29 is 13.2 Å². The van der Waals surface area contributed by atoms with Gasteiger partial charge in [-0.15, -0.1) is 11.8 Å². The van der Waals surface area contributed by atoms with Gasteiger partial charge in [0.15, 0.2) is 5.78 Å². The first-order chi connectivity index (χ1) is 10.7. The smallest absolute Gasteiger partial charge is 0.229 e. The van der Waals surface area contributed by atoms with E-state index in [1.54, 1.807) is 24.3 Å². The van der Waals surface area contributed by atoms with Crippen LogP contribution in [-0.2, 0) is 10.0 Å². The van der Waals surface area contributed by atoms with Gasteiger partial charge in [-0.05, 0) is 50.2 Å². The van der Waals surface area contributed by atoms with Gasteiger partial charge in [0.25, 0.3) is 0 Å². The maximum atomic E-state index is 12.5. The van der Waals surface area contributed by atoms with Crippen molar-refractivity contribution in [2.24, 2.45) is 0 Å². The van der Waals surface area contributed by atoms with Gasteiger partial charge in [-0.1, -0.05) is 17.7 Å². The molecule has 6 heteroatoms. The Labute approximate surface area is 141 Å². The molecule has 0 fully saturated rings. The van der Waals surface area contributed by atoms with Gasteiger partial charge in [-0.25, -0.2) is 8.42 Å². The molecule has 0 saturated carbocycles. The zero-order valence-corrected chi connectivity index (χ0v) is 14.9. The molecule has 0 aromatic heterocycles. The van der Waals surface area contributed by atoms with Gasteiger partial charge in [0.05, 0.1) is 11.5 Å². The number of sulfonamides is 1. The number of anilines is 1. The molecule has 2 aromatic rings. The monoisotopic (exact) mass is 349 g/mol. The minimum absolute atomic E-state index is 0.0153. The topological polar surface area (TPSA) is 63.2 Å². The molecule has 1 atom stereocenters. The standard InChI is InChI=1S/C17H19NO3S2/c1-12-4-10-16(11-5-12)22-13(2)17(19)14-6-8-15(9-7-14)18-23(3,20)21/h4-11,13,18H,1-3H3/t13-/m1/s1. The molecule has 0 saturated heterocycles. The molecule has 23 heavy (non-hydrogen) atoms. The van der Waals surface area contributed by atoms with Crippen LogP contribution in [0.3, 0.4) is 0 Å². The van der Waals surface area contributed by atoms with Gasteiger partial charge < -0.3 is 0 Å². The van der Waals surface area contributed by atoms with Crippen molar-refractivity contribution in [3.63, 3.8) is 0 Å². The zero-order chi connectivity index (χ0) is 17.0. The van der Waals surface area contributed by atoms with Crippen molar-refractivity contribution in [3.8, 4) is 0 Å². The Balaban J connectivity index is 2.05. The third-order valence-corrected chi connectivity index (χ3v) is 4.89. The van der Waals surface area contributed by atoms with Crippen LogP contribution in [0.2, 0.25) is 0 Å². The number of carbonyl (C=O) groups is 1. The first-order valence-corrected chi connectivity index (χ1v) is 9.87. The maximum Gasteiger partial charge on any atom is 0.229 e. The number of benzene rings is 2. The van der Waals surface area contributed by atoms with Crippen LogP contribution in [0, 0.1) is 6.92 Å². The summed E-state index contributed by atoms with van der Waals surface area (Å²) in [5, 5.41) is -0.216. The van der Waals surface area contributed by atoms with Gasteiger partial charge in [0.2, 0.25) is 10.0 Å². The number of rotatable bonds is 6. The number of aryl methyl sites for hydroxylation is 1. The highest BCUT2D eigenvalue weighted by atomic mass is 32.2. The van der Waals surface area contributed by atoms with E-state index in [2.05, 4.69) is 4.72 Å². The quantitative estimate of drug-likeness (QED) is 0.637.